The van der Waals surface area contributed by atoms with Crippen LogP contribution in [-0.4, -0.2) is 12.4 Å². The highest BCUT2D eigenvalue weighted by atomic mass is 19.4. The zero-order valence-corrected chi connectivity index (χ0v) is 20.0. The first-order chi connectivity index (χ1) is 17.4. The van der Waals surface area contributed by atoms with Crippen LogP contribution in [0.3, 0.4) is 0 Å². The minimum absolute atomic E-state index is 0.149. The summed E-state index contributed by atoms with van der Waals surface area (Å²) >= 11 is 0. The van der Waals surface area contributed by atoms with Gasteiger partial charge in [0.15, 0.2) is 0 Å². The van der Waals surface area contributed by atoms with Crippen LogP contribution in [0.5, 0.6) is 0 Å². The van der Waals surface area contributed by atoms with E-state index in [-0.39, 0.29) is 11.4 Å². The summed E-state index contributed by atoms with van der Waals surface area (Å²) in [6.07, 6.45) is -11.4. The second-order valence-electron chi connectivity index (χ2n) is 8.79. The molecule has 0 radical (unpaired) electrons. The topological polar surface area (TPSA) is 24.1 Å². The lowest BCUT2D eigenvalue weighted by Crippen LogP contribution is -2.54. The first-order valence-corrected chi connectivity index (χ1v) is 11.4. The molecule has 4 aromatic rings. The smallest absolute Gasteiger partial charge is 0.355 e. The third-order valence-corrected chi connectivity index (χ3v) is 6.30. The van der Waals surface area contributed by atoms with Gasteiger partial charge in [-0.1, -0.05) is 60.7 Å². The Balaban J connectivity index is 1.92. The molecule has 0 fully saturated rings. The van der Waals surface area contributed by atoms with E-state index in [4.69, 9.17) is 0 Å². The molecule has 4 aromatic carbocycles. The Morgan fingerprint density at radius 2 is 0.838 bits per heavy atom. The van der Waals surface area contributed by atoms with Crippen molar-refractivity contribution in [3.05, 3.63) is 119 Å². The summed E-state index contributed by atoms with van der Waals surface area (Å²) < 4.78 is 88.8. The average molecular weight is 515 g/mol. The van der Waals surface area contributed by atoms with Gasteiger partial charge in [0, 0.05) is 22.7 Å². The normalized spacial score (nSPS) is 12.3. The zero-order chi connectivity index (χ0) is 26.8. The Bertz CT molecular complexity index is 1260. The SMILES string of the molecule is Cc1ccc(C(c2ccc(C)c(Nc3ccccc3)c2)(C(F)(F)F)C(F)(F)F)cc1Nc1ccccc1. The number of nitrogens with one attached hydrogen (secondary N) is 2. The molecule has 0 unspecified atom stereocenters. The van der Waals surface area contributed by atoms with Crippen molar-refractivity contribution in [1.82, 2.24) is 0 Å². The quantitative estimate of drug-likeness (QED) is 0.251. The van der Waals surface area contributed by atoms with Crippen molar-refractivity contribution in [3.63, 3.8) is 0 Å². The summed E-state index contributed by atoms with van der Waals surface area (Å²) in [5.74, 6) is 0. The summed E-state index contributed by atoms with van der Waals surface area (Å²) in [6, 6.07) is 23.3. The number of benzene rings is 4. The predicted molar refractivity (Wildman–Crippen MR) is 135 cm³/mol. The van der Waals surface area contributed by atoms with Gasteiger partial charge in [0.25, 0.3) is 0 Å². The fourth-order valence-corrected chi connectivity index (χ4v) is 4.32. The van der Waals surface area contributed by atoms with Gasteiger partial charge in [-0.15, -0.1) is 0 Å². The van der Waals surface area contributed by atoms with Gasteiger partial charge in [0.2, 0.25) is 5.41 Å². The van der Waals surface area contributed by atoms with Gasteiger partial charge in [-0.25, -0.2) is 0 Å². The fourth-order valence-electron chi connectivity index (χ4n) is 4.32. The molecule has 0 bridgehead atoms. The van der Waals surface area contributed by atoms with E-state index in [0.29, 0.717) is 22.5 Å². The van der Waals surface area contributed by atoms with Gasteiger partial charge in [-0.05, 0) is 72.5 Å². The Hall–Kier alpha value is -3.94. The van der Waals surface area contributed by atoms with Crippen LogP contribution in [-0.2, 0) is 5.41 Å². The standard InChI is InChI=1S/C29H24F6N2/c1-19-13-15-21(17-25(19)36-23-9-5-3-6-10-23)27(28(30,31)32,29(33,34)35)22-16-14-20(2)26(18-22)37-24-11-7-4-8-12-24/h3-18,36-37H,1-2H3. The molecular weight excluding hydrogens is 490 g/mol. The van der Waals surface area contributed by atoms with Crippen molar-refractivity contribution < 1.29 is 26.3 Å². The highest BCUT2D eigenvalue weighted by molar-refractivity contribution is 5.68. The van der Waals surface area contributed by atoms with Gasteiger partial charge in [0.05, 0.1) is 0 Å². The predicted octanol–water partition coefficient (Wildman–Crippen LogP) is 9.20. The molecule has 2 nitrogen and oxygen atoms in total. The molecule has 0 aromatic heterocycles. The summed E-state index contributed by atoms with van der Waals surface area (Å²) in [6.45, 7) is 3.23. The van der Waals surface area contributed by atoms with E-state index < -0.39 is 28.9 Å². The van der Waals surface area contributed by atoms with Crippen molar-refractivity contribution >= 4 is 22.7 Å². The summed E-state index contributed by atoms with van der Waals surface area (Å²) in [4.78, 5) is 0. The molecule has 0 saturated heterocycles. The lowest BCUT2D eigenvalue weighted by molar-refractivity contribution is -0.288. The highest BCUT2D eigenvalue weighted by Gasteiger charge is 2.72. The Labute approximate surface area is 211 Å². The number of hydrogen-bond donors (Lipinski definition) is 2. The first kappa shape index (κ1) is 26.1. The van der Waals surface area contributed by atoms with Crippen LogP contribution in [0.2, 0.25) is 0 Å². The average Bonchev–Trinajstić information content (AvgIpc) is 2.83. The second kappa shape index (κ2) is 9.84. The molecule has 0 aliphatic rings. The van der Waals surface area contributed by atoms with E-state index in [1.807, 2.05) is 0 Å². The monoisotopic (exact) mass is 514 g/mol. The van der Waals surface area contributed by atoms with E-state index >= 15 is 0 Å². The minimum Gasteiger partial charge on any atom is -0.355 e. The van der Waals surface area contributed by atoms with Crippen molar-refractivity contribution in [2.45, 2.75) is 31.6 Å². The number of anilines is 4. The number of halogens is 6. The van der Waals surface area contributed by atoms with E-state index in [2.05, 4.69) is 10.6 Å². The molecule has 0 spiro atoms. The molecule has 0 aliphatic carbocycles. The van der Waals surface area contributed by atoms with Crippen molar-refractivity contribution in [3.8, 4) is 0 Å². The van der Waals surface area contributed by atoms with Gasteiger partial charge in [0.1, 0.15) is 0 Å². The molecule has 4 rings (SSSR count). The number of para-hydroxylation sites is 2. The molecular formula is C29H24F6N2. The maximum Gasteiger partial charge on any atom is 0.411 e. The molecule has 8 heteroatoms. The molecule has 192 valence electrons. The molecule has 0 heterocycles. The molecule has 0 amide bonds. The Morgan fingerprint density at radius 1 is 0.486 bits per heavy atom. The fraction of sp³-hybridized carbons (Fsp3) is 0.172. The van der Waals surface area contributed by atoms with E-state index in [1.54, 1.807) is 74.5 Å². The highest BCUT2D eigenvalue weighted by Crippen LogP contribution is 2.57. The zero-order valence-electron chi connectivity index (χ0n) is 20.0. The molecule has 0 atom stereocenters. The van der Waals surface area contributed by atoms with Gasteiger partial charge < -0.3 is 10.6 Å². The van der Waals surface area contributed by atoms with Gasteiger partial charge in [-0.3, -0.25) is 0 Å². The Morgan fingerprint density at radius 3 is 1.16 bits per heavy atom. The maximum atomic E-state index is 14.8. The third-order valence-electron chi connectivity index (χ3n) is 6.30. The third kappa shape index (κ3) is 5.01. The van der Waals surface area contributed by atoms with Crippen LogP contribution in [0.15, 0.2) is 97.1 Å². The lowest BCUT2D eigenvalue weighted by Gasteiger charge is -2.39. The van der Waals surface area contributed by atoms with Gasteiger partial charge in [-0.2, -0.15) is 26.3 Å². The summed E-state index contributed by atoms with van der Waals surface area (Å²) in [5, 5.41) is 5.89. The summed E-state index contributed by atoms with van der Waals surface area (Å²) in [7, 11) is 0. The first-order valence-electron chi connectivity index (χ1n) is 11.4. The van der Waals surface area contributed by atoms with Crippen molar-refractivity contribution in [2.24, 2.45) is 0 Å². The number of rotatable bonds is 6. The van der Waals surface area contributed by atoms with Crippen LogP contribution in [0.25, 0.3) is 0 Å². The second-order valence-corrected chi connectivity index (χ2v) is 8.79. The maximum absolute atomic E-state index is 14.8. The van der Waals surface area contributed by atoms with E-state index in [1.165, 1.54) is 12.1 Å². The van der Waals surface area contributed by atoms with Crippen LogP contribution < -0.4 is 10.6 Å². The van der Waals surface area contributed by atoms with Crippen molar-refractivity contribution in [2.75, 3.05) is 10.6 Å². The molecule has 2 N–H and O–H groups in total. The van der Waals surface area contributed by atoms with Crippen LogP contribution in [0.1, 0.15) is 22.3 Å². The number of hydrogen-bond acceptors (Lipinski definition) is 2. The molecule has 0 aliphatic heterocycles. The van der Waals surface area contributed by atoms with E-state index in [0.717, 1.165) is 24.3 Å². The molecule has 0 saturated carbocycles. The summed E-state index contributed by atoms with van der Waals surface area (Å²) in [5.41, 5.74) is -3.73. The molecule has 37 heavy (non-hydrogen) atoms. The Kier molecular flexibility index (Phi) is 6.95. The number of alkyl halides is 6. The largest absolute Gasteiger partial charge is 0.411 e. The van der Waals surface area contributed by atoms with Crippen LogP contribution in [0.4, 0.5) is 49.1 Å². The van der Waals surface area contributed by atoms with Gasteiger partial charge >= 0.3 is 12.4 Å². The minimum atomic E-state index is -5.69. The van der Waals surface area contributed by atoms with E-state index in [9.17, 15) is 26.3 Å². The number of aryl methyl sites for hydroxylation is 2. The van der Waals surface area contributed by atoms with Crippen LogP contribution in [0, 0.1) is 13.8 Å². The van der Waals surface area contributed by atoms with Crippen LogP contribution >= 0.6 is 0 Å². The van der Waals surface area contributed by atoms with Crippen molar-refractivity contribution in [1.29, 1.82) is 0 Å². The lowest BCUT2D eigenvalue weighted by atomic mass is 9.72.